The quantitative estimate of drug-likeness (QED) is 0.399. The highest BCUT2D eigenvalue weighted by Gasteiger charge is 2.27. The third kappa shape index (κ3) is 5.90. The summed E-state index contributed by atoms with van der Waals surface area (Å²) in [6.45, 7) is 3.76. The van der Waals surface area contributed by atoms with Crippen molar-refractivity contribution in [2.24, 2.45) is 4.99 Å². The summed E-state index contributed by atoms with van der Waals surface area (Å²) in [4.78, 5) is 22.6. The molecule has 1 aromatic carbocycles. The molecule has 144 valence electrons. The van der Waals surface area contributed by atoms with E-state index in [1.54, 1.807) is 19.0 Å². The van der Waals surface area contributed by atoms with Gasteiger partial charge in [0.15, 0.2) is 5.96 Å². The molecule has 1 saturated carbocycles. The molecule has 0 bridgehead atoms. The number of carbonyl (C=O) groups excluding carboxylic acids is 1. The van der Waals surface area contributed by atoms with Crippen LogP contribution in [0, 0.1) is 0 Å². The van der Waals surface area contributed by atoms with Gasteiger partial charge in [0, 0.05) is 57.0 Å². The van der Waals surface area contributed by atoms with Crippen molar-refractivity contribution in [3.8, 4) is 0 Å². The highest BCUT2D eigenvalue weighted by molar-refractivity contribution is 14.0. The van der Waals surface area contributed by atoms with Gasteiger partial charge in [-0.3, -0.25) is 4.79 Å². The topological polar surface area (TPSA) is 51.2 Å². The Morgan fingerprint density at radius 1 is 1.27 bits per heavy atom. The molecular formula is C18H27ClIN5O. The van der Waals surface area contributed by atoms with Gasteiger partial charge in [0.05, 0.1) is 0 Å². The van der Waals surface area contributed by atoms with Gasteiger partial charge in [-0.25, -0.2) is 4.99 Å². The minimum absolute atomic E-state index is 0. The van der Waals surface area contributed by atoms with Gasteiger partial charge in [0.25, 0.3) is 0 Å². The highest BCUT2D eigenvalue weighted by Crippen LogP contribution is 2.22. The second-order valence-corrected chi connectivity index (χ2v) is 7.24. The van der Waals surface area contributed by atoms with Crippen LogP contribution in [-0.2, 0) is 4.79 Å². The molecule has 0 atom stereocenters. The van der Waals surface area contributed by atoms with Crippen LogP contribution >= 0.6 is 35.6 Å². The van der Waals surface area contributed by atoms with E-state index >= 15 is 0 Å². The number of hydrogen-bond acceptors (Lipinski definition) is 3. The number of carbonyl (C=O) groups is 1. The van der Waals surface area contributed by atoms with Crippen LogP contribution in [0.25, 0.3) is 0 Å². The lowest BCUT2D eigenvalue weighted by Crippen LogP contribution is -2.53. The van der Waals surface area contributed by atoms with Crippen molar-refractivity contribution in [1.82, 2.24) is 15.1 Å². The fourth-order valence-corrected chi connectivity index (χ4v) is 2.96. The molecular weight excluding hydrogens is 465 g/mol. The number of halogens is 2. The van der Waals surface area contributed by atoms with Gasteiger partial charge in [-0.2, -0.15) is 0 Å². The first-order chi connectivity index (χ1) is 12.0. The highest BCUT2D eigenvalue weighted by atomic mass is 127. The number of nitrogens with zero attached hydrogens (tertiary/aromatic N) is 4. The van der Waals surface area contributed by atoms with Crippen LogP contribution in [0.4, 0.5) is 5.69 Å². The lowest BCUT2D eigenvalue weighted by Gasteiger charge is -2.38. The van der Waals surface area contributed by atoms with Crippen molar-refractivity contribution in [2.45, 2.75) is 18.9 Å². The van der Waals surface area contributed by atoms with E-state index in [0.717, 1.165) is 42.8 Å². The number of benzene rings is 1. The van der Waals surface area contributed by atoms with Crippen LogP contribution in [0.5, 0.6) is 0 Å². The first-order valence-electron chi connectivity index (χ1n) is 8.79. The van der Waals surface area contributed by atoms with E-state index in [4.69, 9.17) is 11.6 Å². The second kappa shape index (κ2) is 9.64. The third-order valence-corrected chi connectivity index (χ3v) is 4.76. The maximum absolute atomic E-state index is 11.9. The van der Waals surface area contributed by atoms with E-state index in [9.17, 15) is 4.79 Å². The smallest absolute Gasteiger partial charge is 0.243 e. The molecule has 3 rings (SSSR count). The predicted molar refractivity (Wildman–Crippen MR) is 118 cm³/mol. The van der Waals surface area contributed by atoms with Crippen LogP contribution in [0.15, 0.2) is 29.3 Å². The summed E-state index contributed by atoms with van der Waals surface area (Å²) in [5.41, 5.74) is 1.16. The van der Waals surface area contributed by atoms with E-state index in [1.807, 2.05) is 18.2 Å². The summed E-state index contributed by atoms with van der Waals surface area (Å²) in [5.74, 6) is 0.885. The fraction of sp³-hybridized carbons (Fsp3) is 0.556. The Kier molecular flexibility index (Phi) is 7.82. The van der Waals surface area contributed by atoms with Gasteiger partial charge < -0.3 is 20.0 Å². The van der Waals surface area contributed by atoms with Crippen LogP contribution in [-0.4, -0.2) is 74.5 Å². The molecule has 2 aliphatic rings. The molecule has 1 aromatic rings. The molecule has 1 heterocycles. The van der Waals surface area contributed by atoms with Crippen molar-refractivity contribution in [3.63, 3.8) is 0 Å². The van der Waals surface area contributed by atoms with E-state index < -0.39 is 0 Å². The van der Waals surface area contributed by atoms with Gasteiger partial charge >= 0.3 is 0 Å². The van der Waals surface area contributed by atoms with Gasteiger partial charge in [-0.1, -0.05) is 17.7 Å². The Bertz CT molecular complexity index is 642. The van der Waals surface area contributed by atoms with Gasteiger partial charge in [-0.05, 0) is 31.0 Å². The lowest BCUT2D eigenvalue weighted by atomic mass is 10.2. The Hall–Kier alpha value is -1.22. The minimum Gasteiger partial charge on any atom is -0.368 e. The van der Waals surface area contributed by atoms with E-state index in [2.05, 4.69) is 26.2 Å². The van der Waals surface area contributed by atoms with Gasteiger partial charge in [-0.15, -0.1) is 24.0 Å². The molecule has 0 unspecified atom stereocenters. The zero-order chi connectivity index (χ0) is 17.8. The number of amides is 1. The average molecular weight is 492 g/mol. The number of hydrogen-bond donors (Lipinski definition) is 1. The number of likely N-dealkylation sites (N-methyl/N-ethyl adjacent to an activating group) is 1. The Morgan fingerprint density at radius 3 is 2.54 bits per heavy atom. The molecule has 1 N–H and O–H groups in total. The zero-order valence-electron chi connectivity index (χ0n) is 15.3. The number of anilines is 1. The van der Waals surface area contributed by atoms with Gasteiger partial charge in [0.1, 0.15) is 6.54 Å². The third-order valence-electron chi connectivity index (χ3n) is 4.53. The summed E-state index contributed by atoms with van der Waals surface area (Å²) in [6, 6.07) is 8.49. The predicted octanol–water partition coefficient (Wildman–Crippen LogP) is 2.28. The van der Waals surface area contributed by atoms with E-state index in [1.165, 1.54) is 12.8 Å². The normalized spacial score (nSPS) is 17.6. The molecule has 0 radical (unpaired) electrons. The molecule has 2 fully saturated rings. The van der Waals surface area contributed by atoms with Crippen molar-refractivity contribution >= 4 is 53.1 Å². The minimum atomic E-state index is 0. The van der Waals surface area contributed by atoms with Gasteiger partial charge in [0.2, 0.25) is 5.91 Å². The summed E-state index contributed by atoms with van der Waals surface area (Å²) in [7, 11) is 3.52. The molecule has 6 nitrogen and oxygen atoms in total. The summed E-state index contributed by atoms with van der Waals surface area (Å²) < 4.78 is 0. The number of rotatable bonds is 4. The largest absolute Gasteiger partial charge is 0.368 e. The standard InChI is InChI=1S/C18H26ClN5O.HI/c1-22(2)17(25)13-20-18(21-15-6-7-15)24-10-8-23(9-11-24)16-5-3-4-14(19)12-16;/h3-5,12,15H,6-11,13H2,1-2H3,(H,20,21);1H. The van der Waals surface area contributed by atoms with Crippen molar-refractivity contribution in [2.75, 3.05) is 51.7 Å². The number of aliphatic imine (C=N–C) groups is 1. The SMILES string of the molecule is CN(C)C(=O)CN=C(NC1CC1)N1CCN(c2cccc(Cl)c2)CC1.I. The maximum Gasteiger partial charge on any atom is 0.243 e. The molecule has 8 heteroatoms. The van der Waals surface area contributed by atoms with Crippen LogP contribution < -0.4 is 10.2 Å². The first kappa shape index (κ1) is 21.1. The second-order valence-electron chi connectivity index (χ2n) is 6.80. The average Bonchev–Trinajstić information content (AvgIpc) is 3.42. The summed E-state index contributed by atoms with van der Waals surface area (Å²) in [6.07, 6.45) is 2.37. The molecule has 1 saturated heterocycles. The zero-order valence-corrected chi connectivity index (χ0v) is 18.4. The number of piperazine rings is 1. The Morgan fingerprint density at radius 2 is 1.96 bits per heavy atom. The molecule has 1 amide bonds. The van der Waals surface area contributed by atoms with Crippen molar-refractivity contribution < 1.29 is 4.79 Å². The first-order valence-corrected chi connectivity index (χ1v) is 9.17. The lowest BCUT2D eigenvalue weighted by molar-refractivity contribution is -0.127. The molecule has 1 aliphatic carbocycles. The van der Waals surface area contributed by atoms with Crippen LogP contribution in [0.1, 0.15) is 12.8 Å². The summed E-state index contributed by atoms with van der Waals surface area (Å²) in [5, 5.41) is 4.25. The number of guanidine groups is 1. The van der Waals surface area contributed by atoms with E-state index in [0.29, 0.717) is 6.04 Å². The number of nitrogens with one attached hydrogen (secondary N) is 1. The van der Waals surface area contributed by atoms with Crippen molar-refractivity contribution in [3.05, 3.63) is 29.3 Å². The molecule has 26 heavy (non-hydrogen) atoms. The van der Waals surface area contributed by atoms with Crippen LogP contribution in [0.2, 0.25) is 5.02 Å². The monoisotopic (exact) mass is 491 g/mol. The summed E-state index contributed by atoms with van der Waals surface area (Å²) >= 11 is 6.10. The molecule has 0 aromatic heterocycles. The Labute approximate surface area is 177 Å². The van der Waals surface area contributed by atoms with Crippen molar-refractivity contribution in [1.29, 1.82) is 0 Å². The Balaban J connectivity index is 0.00000243. The molecule has 0 spiro atoms. The van der Waals surface area contributed by atoms with Crippen LogP contribution in [0.3, 0.4) is 0 Å². The maximum atomic E-state index is 11.9. The fourth-order valence-electron chi connectivity index (χ4n) is 2.78. The molecule has 1 aliphatic heterocycles. The van der Waals surface area contributed by atoms with E-state index in [-0.39, 0.29) is 36.4 Å².